The molecule has 0 saturated heterocycles. The van der Waals surface area contributed by atoms with Crippen molar-refractivity contribution in [1.29, 1.82) is 0 Å². The van der Waals surface area contributed by atoms with Crippen LogP contribution in [0.25, 0.3) is 0 Å². The maximum atomic E-state index is 12.6. The number of carbonyl (C=O) groups is 2. The number of Topliss-reactive ketones (excluding diaryl/α,β-unsaturated/α-hetero) is 1. The lowest BCUT2D eigenvalue weighted by Gasteiger charge is -2.63. The maximum Gasteiger partial charge on any atom is 0.337 e. The van der Waals surface area contributed by atoms with E-state index in [1.807, 2.05) is 12.3 Å². The van der Waals surface area contributed by atoms with Crippen molar-refractivity contribution >= 4 is 11.8 Å². The minimum absolute atomic E-state index is 0.0421. The second-order valence-electron chi connectivity index (χ2n) is 11.9. The normalized spacial score (nSPS) is 45.4. The Morgan fingerprint density at radius 1 is 1.00 bits per heavy atom. The molecule has 0 radical (unpaired) electrons. The van der Waals surface area contributed by atoms with Gasteiger partial charge in [0.15, 0.2) is 0 Å². The van der Waals surface area contributed by atoms with E-state index in [4.69, 9.17) is 0 Å². The van der Waals surface area contributed by atoms with Gasteiger partial charge in [-0.25, -0.2) is 4.79 Å². The van der Waals surface area contributed by atoms with Crippen LogP contribution in [-0.2, 0) is 4.79 Å². The number of aromatic nitrogens is 1. The average Bonchev–Trinajstić information content (AvgIpc) is 3.11. The van der Waals surface area contributed by atoms with Gasteiger partial charge in [-0.3, -0.25) is 9.78 Å². The van der Waals surface area contributed by atoms with Crippen molar-refractivity contribution in [1.82, 2.24) is 4.98 Å². The van der Waals surface area contributed by atoms with Crippen LogP contribution in [0.5, 0.6) is 0 Å². The molecule has 1 aromatic rings. The van der Waals surface area contributed by atoms with Crippen molar-refractivity contribution in [2.45, 2.75) is 84.2 Å². The number of carboxylic acid groups (broad SMARTS) is 1. The zero-order valence-corrected chi connectivity index (χ0v) is 19.6. The summed E-state index contributed by atoms with van der Waals surface area (Å²) < 4.78 is 0. The first kappa shape index (κ1) is 22.1. The van der Waals surface area contributed by atoms with E-state index < -0.39 is 5.97 Å². The van der Waals surface area contributed by atoms with Gasteiger partial charge in [0.05, 0.1) is 11.7 Å². The summed E-state index contributed by atoms with van der Waals surface area (Å²) in [5, 5.41) is 20.1. The third kappa shape index (κ3) is 3.18. The standard InChI is InChI=1S/C27H37NO4/c1-15(29)21-4-5-22-24-20(16-10-17(25(31)32)14-28-13-16)12-18-11-19(30)6-8-26(18,2)23(24)7-9-27(21,22)3/h10,13-14,18-24,30H,4-9,11-12H2,1-3H3,(H,31,32)/t18?,19?,20?,21-,22+,23+,24+,26+,27-/m1/s1. The summed E-state index contributed by atoms with van der Waals surface area (Å²) in [5.41, 5.74) is 1.55. The Hall–Kier alpha value is -1.75. The lowest BCUT2D eigenvalue weighted by Crippen LogP contribution is -2.56. The number of pyridine rings is 1. The molecule has 1 heterocycles. The molecule has 2 N–H and O–H groups in total. The first-order valence-electron chi connectivity index (χ1n) is 12.5. The van der Waals surface area contributed by atoms with Crippen molar-refractivity contribution in [2.75, 3.05) is 0 Å². The molecule has 4 fully saturated rings. The van der Waals surface area contributed by atoms with Crippen molar-refractivity contribution in [3.63, 3.8) is 0 Å². The zero-order valence-electron chi connectivity index (χ0n) is 19.6. The predicted molar refractivity (Wildman–Crippen MR) is 121 cm³/mol. The molecule has 0 spiro atoms. The van der Waals surface area contributed by atoms with Crippen molar-refractivity contribution in [2.24, 2.45) is 40.4 Å². The molecule has 4 aliphatic rings. The van der Waals surface area contributed by atoms with Crippen LogP contribution in [-0.4, -0.2) is 33.1 Å². The molecular weight excluding hydrogens is 402 g/mol. The molecule has 0 aliphatic heterocycles. The summed E-state index contributed by atoms with van der Waals surface area (Å²) in [5.74, 6) is 1.72. The number of aliphatic hydroxyl groups excluding tert-OH is 1. The van der Waals surface area contributed by atoms with Gasteiger partial charge in [-0.1, -0.05) is 13.8 Å². The van der Waals surface area contributed by atoms with Crippen LogP contribution in [0.4, 0.5) is 0 Å². The number of hydrogen-bond acceptors (Lipinski definition) is 4. The van der Waals surface area contributed by atoms with Crippen LogP contribution in [0.3, 0.4) is 0 Å². The second-order valence-corrected chi connectivity index (χ2v) is 11.9. The number of ketones is 1. The molecule has 4 saturated carbocycles. The quantitative estimate of drug-likeness (QED) is 0.686. The van der Waals surface area contributed by atoms with Crippen LogP contribution in [0.2, 0.25) is 0 Å². The molecule has 0 amide bonds. The topological polar surface area (TPSA) is 87.5 Å². The Morgan fingerprint density at radius 2 is 1.72 bits per heavy atom. The van der Waals surface area contributed by atoms with Gasteiger partial charge >= 0.3 is 5.97 Å². The van der Waals surface area contributed by atoms with E-state index in [2.05, 4.69) is 18.8 Å². The molecule has 5 nitrogen and oxygen atoms in total. The van der Waals surface area contributed by atoms with Crippen molar-refractivity contribution in [3.8, 4) is 0 Å². The molecule has 5 heteroatoms. The molecule has 174 valence electrons. The molecule has 1 aromatic heterocycles. The Bertz CT molecular complexity index is 930. The summed E-state index contributed by atoms with van der Waals surface area (Å²) in [6.07, 6.45) is 11.2. The second kappa shape index (κ2) is 7.65. The van der Waals surface area contributed by atoms with E-state index in [-0.39, 0.29) is 34.3 Å². The summed E-state index contributed by atoms with van der Waals surface area (Å²) >= 11 is 0. The van der Waals surface area contributed by atoms with E-state index in [1.165, 1.54) is 6.20 Å². The Labute approximate surface area is 191 Å². The van der Waals surface area contributed by atoms with Crippen molar-refractivity contribution in [3.05, 3.63) is 29.6 Å². The van der Waals surface area contributed by atoms with Crippen LogP contribution in [0.15, 0.2) is 18.5 Å². The number of nitrogens with zero attached hydrogens (tertiary/aromatic N) is 1. The van der Waals surface area contributed by atoms with Crippen molar-refractivity contribution < 1.29 is 19.8 Å². The highest BCUT2D eigenvalue weighted by Crippen LogP contribution is 2.70. The van der Waals surface area contributed by atoms with Gasteiger partial charge in [0.1, 0.15) is 5.78 Å². The first-order valence-corrected chi connectivity index (χ1v) is 12.5. The summed E-state index contributed by atoms with van der Waals surface area (Å²) in [4.78, 5) is 28.6. The van der Waals surface area contributed by atoms with Gasteiger partial charge in [-0.15, -0.1) is 0 Å². The summed E-state index contributed by atoms with van der Waals surface area (Å²) in [7, 11) is 0. The Balaban J connectivity index is 1.60. The number of carbonyl (C=O) groups excluding carboxylic acids is 1. The fourth-order valence-electron chi connectivity index (χ4n) is 9.04. The molecule has 5 rings (SSSR count). The third-order valence-corrected chi connectivity index (χ3v) is 10.6. The van der Waals surface area contributed by atoms with Gasteiger partial charge in [-0.05, 0) is 110 Å². The lowest BCUT2D eigenvalue weighted by molar-refractivity contribution is -0.143. The highest BCUT2D eigenvalue weighted by atomic mass is 16.4. The Morgan fingerprint density at radius 3 is 2.44 bits per heavy atom. The molecule has 0 bridgehead atoms. The van der Waals surface area contributed by atoms with E-state index in [0.29, 0.717) is 29.5 Å². The fraction of sp³-hybridized carbons (Fsp3) is 0.741. The lowest BCUT2D eigenvalue weighted by atomic mass is 9.42. The van der Waals surface area contributed by atoms with E-state index >= 15 is 0 Å². The average molecular weight is 440 g/mol. The monoisotopic (exact) mass is 439 g/mol. The van der Waals surface area contributed by atoms with Crippen LogP contribution < -0.4 is 0 Å². The molecule has 32 heavy (non-hydrogen) atoms. The summed E-state index contributed by atoms with van der Waals surface area (Å²) in [6.45, 7) is 6.58. The number of hydrogen-bond donors (Lipinski definition) is 2. The summed E-state index contributed by atoms with van der Waals surface area (Å²) in [6, 6.07) is 1.84. The van der Waals surface area contributed by atoms with Crippen LogP contribution in [0, 0.1) is 40.4 Å². The van der Waals surface area contributed by atoms with Crippen LogP contribution >= 0.6 is 0 Å². The number of aromatic carboxylic acids is 1. The number of rotatable bonds is 3. The molecule has 9 atom stereocenters. The largest absolute Gasteiger partial charge is 0.478 e. The van der Waals surface area contributed by atoms with Gasteiger partial charge < -0.3 is 10.2 Å². The minimum Gasteiger partial charge on any atom is -0.478 e. The van der Waals surface area contributed by atoms with E-state index in [9.17, 15) is 19.8 Å². The predicted octanol–water partition coefficient (Wildman–Crippen LogP) is 5.08. The molecule has 3 unspecified atom stereocenters. The van der Waals surface area contributed by atoms with Gasteiger partial charge in [0.25, 0.3) is 0 Å². The SMILES string of the molecule is CC(=O)[C@H]1CC[C@H]2[C@@H]3C(c4cncc(C(=O)O)c4)CC4CC(O)CC[C@]4(C)[C@H]3CC[C@]12C. The highest BCUT2D eigenvalue weighted by molar-refractivity contribution is 5.87. The highest BCUT2D eigenvalue weighted by Gasteiger charge is 2.63. The maximum absolute atomic E-state index is 12.6. The Kier molecular flexibility index (Phi) is 5.27. The van der Waals surface area contributed by atoms with E-state index in [1.54, 1.807) is 6.92 Å². The molecular formula is C27H37NO4. The minimum atomic E-state index is -0.935. The number of fused-ring (bicyclic) bond motifs is 5. The fourth-order valence-corrected chi connectivity index (χ4v) is 9.04. The van der Waals surface area contributed by atoms with Gasteiger partial charge in [0, 0.05) is 18.3 Å². The molecule has 4 aliphatic carbocycles. The van der Waals surface area contributed by atoms with Gasteiger partial charge in [-0.2, -0.15) is 0 Å². The smallest absolute Gasteiger partial charge is 0.337 e. The van der Waals surface area contributed by atoms with Crippen LogP contribution in [0.1, 0.15) is 94.0 Å². The molecule has 0 aromatic carbocycles. The number of aliphatic hydroxyl groups is 1. The van der Waals surface area contributed by atoms with Gasteiger partial charge in [0.2, 0.25) is 0 Å². The third-order valence-electron chi connectivity index (χ3n) is 10.6. The number of carboxylic acids is 1. The zero-order chi connectivity index (χ0) is 22.8. The van der Waals surface area contributed by atoms with E-state index in [0.717, 1.165) is 56.9 Å². The first-order chi connectivity index (χ1) is 15.1.